The SMILES string of the molecule is CCCCCC(=O)Oc1ccncc1Cl. The highest BCUT2D eigenvalue weighted by Gasteiger charge is 2.07. The van der Waals surface area contributed by atoms with E-state index in [9.17, 15) is 4.79 Å². The van der Waals surface area contributed by atoms with Crippen LogP contribution < -0.4 is 4.74 Å². The average molecular weight is 228 g/mol. The molecule has 0 aliphatic rings. The van der Waals surface area contributed by atoms with Crippen molar-refractivity contribution in [3.05, 3.63) is 23.5 Å². The quantitative estimate of drug-likeness (QED) is 0.573. The summed E-state index contributed by atoms with van der Waals surface area (Å²) in [5.74, 6) is 0.143. The molecule has 1 rings (SSSR count). The fourth-order valence-corrected chi connectivity index (χ4v) is 1.30. The van der Waals surface area contributed by atoms with E-state index in [-0.39, 0.29) is 5.97 Å². The molecule has 0 N–H and O–H groups in total. The molecule has 0 atom stereocenters. The smallest absolute Gasteiger partial charge is 0.311 e. The molecule has 0 unspecified atom stereocenters. The first-order valence-corrected chi connectivity index (χ1v) is 5.42. The van der Waals surface area contributed by atoms with Gasteiger partial charge in [0.25, 0.3) is 0 Å². The number of esters is 1. The Morgan fingerprint density at radius 2 is 2.33 bits per heavy atom. The summed E-state index contributed by atoms with van der Waals surface area (Å²) in [6.07, 6.45) is 6.42. The number of halogens is 1. The van der Waals surface area contributed by atoms with Gasteiger partial charge in [0.1, 0.15) is 5.02 Å². The Morgan fingerprint density at radius 1 is 1.53 bits per heavy atom. The summed E-state index contributed by atoms with van der Waals surface area (Å²) >= 11 is 5.79. The zero-order valence-electron chi connectivity index (χ0n) is 8.70. The standard InChI is InChI=1S/C11H14ClNO2/c1-2-3-4-5-11(14)15-10-6-7-13-8-9(10)12/h6-8H,2-5H2,1H3. The highest BCUT2D eigenvalue weighted by molar-refractivity contribution is 6.32. The van der Waals surface area contributed by atoms with E-state index in [1.165, 1.54) is 6.20 Å². The van der Waals surface area contributed by atoms with Crippen molar-refractivity contribution in [3.63, 3.8) is 0 Å². The van der Waals surface area contributed by atoms with Crippen LogP contribution in [0.15, 0.2) is 18.5 Å². The predicted octanol–water partition coefficient (Wildman–Crippen LogP) is 3.22. The molecule has 3 nitrogen and oxygen atoms in total. The number of pyridine rings is 1. The molecular formula is C11H14ClNO2. The second kappa shape index (κ2) is 6.40. The van der Waals surface area contributed by atoms with E-state index < -0.39 is 0 Å². The zero-order valence-corrected chi connectivity index (χ0v) is 9.46. The molecule has 0 saturated heterocycles. The first-order valence-electron chi connectivity index (χ1n) is 5.04. The van der Waals surface area contributed by atoms with Crippen LogP contribution in [0.2, 0.25) is 5.02 Å². The Balaban J connectivity index is 2.41. The zero-order chi connectivity index (χ0) is 11.1. The summed E-state index contributed by atoms with van der Waals surface area (Å²) in [6, 6.07) is 1.58. The topological polar surface area (TPSA) is 39.2 Å². The molecule has 0 aromatic carbocycles. The van der Waals surface area contributed by atoms with E-state index in [1.807, 2.05) is 0 Å². The molecule has 1 heterocycles. The van der Waals surface area contributed by atoms with Crippen molar-refractivity contribution in [3.8, 4) is 5.75 Å². The number of hydrogen-bond donors (Lipinski definition) is 0. The molecular weight excluding hydrogens is 214 g/mol. The van der Waals surface area contributed by atoms with Gasteiger partial charge in [-0.3, -0.25) is 9.78 Å². The minimum absolute atomic E-state index is 0.239. The third kappa shape index (κ3) is 4.30. The van der Waals surface area contributed by atoms with Crippen LogP contribution in [0, 0.1) is 0 Å². The first kappa shape index (κ1) is 12.0. The van der Waals surface area contributed by atoms with E-state index in [2.05, 4.69) is 11.9 Å². The lowest BCUT2D eigenvalue weighted by atomic mass is 10.2. The minimum atomic E-state index is -0.239. The van der Waals surface area contributed by atoms with E-state index in [1.54, 1.807) is 12.3 Å². The van der Waals surface area contributed by atoms with Crippen LogP contribution in [0.3, 0.4) is 0 Å². The van der Waals surface area contributed by atoms with Crippen molar-refractivity contribution in [2.45, 2.75) is 32.6 Å². The monoisotopic (exact) mass is 227 g/mol. The maximum absolute atomic E-state index is 11.3. The fraction of sp³-hybridized carbons (Fsp3) is 0.455. The van der Waals surface area contributed by atoms with Gasteiger partial charge >= 0.3 is 5.97 Å². The molecule has 15 heavy (non-hydrogen) atoms. The predicted molar refractivity (Wildman–Crippen MR) is 59.0 cm³/mol. The molecule has 1 aromatic rings. The summed E-state index contributed by atoms with van der Waals surface area (Å²) in [6.45, 7) is 2.09. The van der Waals surface area contributed by atoms with Gasteiger partial charge in [0.15, 0.2) is 5.75 Å². The van der Waals surface area contributed by atoms with E-state index >= 15 is 0 Å². The van der Waals surface area contributed by atoms with Gasteiger partial charge in [0, 0.05) is 24.9 Å². The van der Waals surface area contributed by atoms with Crippen LogP contribution in [0.5, 0.6) is 5.75 Å². The van der Waals surface area contributed by atoms with Gasteiger partial charge in [0.05, 0.1) is 0 Å². The van der Waals surface area contributed by atoms with Crippen LogP contribution in [0.25, 0.3) is 0 Å². The lowest BCUT2D eigenvalue weighted by molar-refractivity contribution is -0.134. The number of rotatable bonds is 5. The molecule has 0 aliphatic heterocycles. The van der Waals surface area contributed by atoms with Crippen molar-refractivity contribution in [1.29, 1.82) is 0 Å². The maximum atomic E-state index is 11.3. The maximum Gasteiger partial charge on any atom is 0.311 e. The van der Waals surface area contributed by atoms with Crippen LogP contribution in [-0.2, 0) is 4.79 Å². The first-order chi connectivity index (χ1) is 7.24. The molecule has 0 radical (unpaired) electrons. The van der Waals surface area contributed by atoms with Crippen LogP contribution >= 0.6 is 11.6 Å². The van der Waals surface area contributed by atoms with Crippen LogP contribution in [-0.4, -0.2) is 11.0 Å². The summed E-state index contributed by atoms with van der Waals surface area (Å²) in [4.78, 5) is 15.1. The summed E-state index contributed by atoms with van der Waals surface area (Å²) in [5.41, 5.74) is 0. The van der Waals surface area contributed by atoms with Gasteiger partial charge < -0.3 is 4.74 Å². The highest BCUT2D eigenvalue weighted by Crippen LogP contribution is 2.22. The van der Waals surface area contributed by atoms with Crippen molar-refractivity contribution in [1.82, 2.24) is 4.98 Å². The number of unbranched alkanes of at least 4 members (excludes halogenated alkanes) is 2. The van der Waals surface area contributed by atoms with Gasteiger partial charge in [-0.1, -0.05) is 31.4 Å². The van der Waals surface area contributed by atoms with Crippen LogP contribution in [0.4, 0.5) is 0 Å². The average Bonchev–Trinajstić information content (AvgIpc) is 2.22. The molecule has 0 amide bonds. The molecule has 4 heteroatoms. The number of carbonyl (C=O) groups is 1. The van der Waals surface area contributed by atoms with Gasteiger partial charge in [-0.25, -0.2) is 0 Å². The molecule has 0 spiro atoms. The Morgan fingerprint density at radius 3 is 3.00 bits per heavy atom. The summed E-state index contributed by atoms with van der Waals surface area (Å²) in [7, 11) is 0. The fourth-order valence-electron chi connectivity index (χ4n) is 1.14. The van der Waals surface area contributed by atoms with E-state index in [4.69, 9.17) is 16.3 Å². The van der Waals surface area contributed by atoms with Gasteiger partial charge in [-0.15, -0.1) is 0 Å². The minimum Gasteiger partial charge on any atom is -0.425 e. The van der Waals surface area contributed by atoms with Crippen molar-refractivity contribution < 1.29 is 9.53 Å². The molecule has 82 valence electrons. The van der Waals surface area contributed by atoms with Gasteiger partial charge in [-0.2, -0.15) is 0 Å². The molecule has 0 saturated carbocycles. The Hall–Kier alpha value is -1.09. The number of nitrogens with zero attached hydrogens (tertiary/aromatic N) is 1. The number of carbonyl (C=O) groups excluding carboxylic acids is 1. The number of aromatic nitrogens is 1. The Bertz CT molecular complexity index is 328. The Kier molecular flexibility index (Phi) is 5.12. The van der Waals surface area contributed by atoms with Crippen molar-refractivity contribution in [2.75, 3.05) is 0 Å². The van der Waals surface area contributed by atoms with E-state index in [0.29, 0.717) is 17.2 Å². The second-order valence-electron chi connectivity index (χ2n) is 3.24. The lowest BCUT2D eigenvalue weighted by Gasteiger charge is -2.04. The summed E-state index contributed by atoms with van der Waals surface area (Å²) < 4.78 is 5.08. The van der Waals surface area contributed by atoms with Crippen molar-refractivity contribution in [2.24, 2.45) is 0 Å². The summed E-state index contributed by atoms with van der Waals surface area (Å²) in [5, 5.41) is 0.362. The highest BCUT2D eigenvalue weighted by atomic mass is 35.5. The third-order valence-electron chi connectivity index (χ3n) is 1.94. The Labute approximate surface area is 94.4 Å². The van der Waals surface area contributed by atoms with Crippen LogP contribution in [0.1, 0.15) is 32.6 Å². The number of ether oxygens (including phenoxy) is 1. The molecule has 0 fully saturated rings. The lowest BCUT2D eigenvalue weighted by Crippen LogP contribution is -2.07. The molecule has 0 bridgehead atoms. The third-order valence-corrected chi connectivity index (χ3v) is 2.23. The van der Waals surface area contributed by atoms with Gasteiger partial charge in [0.2, 0.25) is 0 Å². The van der Waals surface area contributed by atoms with Crippen molar-refractivity contribution >= 4 is 17.6 Å². The second-order valence-corrected chi connectivity index (χ2v) is 3.64. The van der Waals surface area contributed by atoms with E-state index in [0.717, 1.165) is 19.3 Å². The normalized spacial score (nSPS) is 10.0. The molecule has 1 aromatic heterocycles. The van der Waals surface area contributed by atoms with Gasteiger partial charge in [-0.05, 0) is 6.42 Å². The number of hydrogen-bond acceptors (Lipinski definition) is 3. The molecule has 0 aliphatic carbocycles. The largest absolute Gasteiger partial charge is 0.425 e.